The molecule has 0 aromatic rings. The average molecular weight is 154 g/mol. The van der Waals surface area contributed by atoms with Gasteiger partial charge in [0.2, 0.25) is 0 Å². The third kappa shape index (κ3) is 1.70. The summed E-state index contributed by atoms with van der Waals surface area (Å²) in [6.45, 7) is 3.43. The topological polar surface area (TPSA) is 56.0 Å². The quantitative estimate of drug-likeness (QED) is 0.569. The van der Waals surface area contributed by atoms with Crippen molar-refractivity contribution in [2.24, 2.45) is 5.92 Å². The zero-order chi connectivity index (χ0) is 8.32. The molecule has 1 fully saturated rings. The Hall–Kier alpha value is -0.590. The number of piperidine rings is 1. The van der Waals surface area contributed by atoms with Crippen molar-refractivity contribution in [2.75, 3.05) is 13.1 Å². The molecule has 1 saturated heterocycles. The first-order chi connectivity index (χ1) is 5.19. The van der Waals surface area contributed by atoms with Gasteiger partial charge in [-0.2, -0.15) is 5.26 Å². The van der Waals surface area contributed by atoms with Gasteiger partial charge in [-0.3, -0.25) is 0 Å². The molecule has 0 saturated carbocycles. The van der Waals surface area contributed by atoms with Gasteiger partial charge in [0.05, 0.1) is 17.6 Å². The largest absolute Gasteiger partial charge is 0.388 e. The maximum Gasteiger partial charge on any atom is 0.0826 e. The lowest BCUT2D eigenvalue weighted by atomic mass is 9.82. The lowest BCUT2D eigenvalue weighted by molar-refractivity contribution is -0.0189. The highest BCUT2D eigenvalue weighted by atomic mass is 16.3. The minimum Gasteiger partial charge on any atom is -0.388 e. The van der Waals surface area contributed by atoms with Crippen LogP contribution in [0.3, 0.4) is 0 Å². The second-order valence-corrected chi connectivity index (χ2v) is 3.20. The number of hydrogen-bond acceptors (Lipinski definition) is 3. The zero-order valence-electron chi connectivity index (χ0n) is 6.80. The average Bonchev–Trinajstić information content (AvgIpc) is 2.04. The second kappa shape index (κ2) is 3.21. The van der Waals surface area contributed by atoms with Crippen LogP contribution >= 0.6 is 0 Å². The first-order valence-corrected chi connectivity index (χ1v) is 4.02. The molecular weight excluding hydrogens is 140 g/mol. The standard InChI is InChI=1S/C8H14N2O/c1-7(6-9)8(11)2-4-10-5-3-8/h7,10-11H,2-5H2,1H3. The third-order valence-corrected chi connectivity index (χ3v) is 2.47. The summed E-state index contributed by atoms with van der Waals surface area (Å²) < 4.78 is 0. The number of nitriles is 1. The van der Waals surface area contributed by atoms with E-state index >= 15 is 0 Å². The van der Waals surface area contributed by atoms with E-state index in [1.165, 1.54) is 0 Å². The summed E-state index contributed by atoms with van der Waals surface area (Å²) in [7, 11) is 0. The summed E-state index contributed by atoms with van der Waals surface area (Å²) in [5, 5.41) is 21.6. The predicted octanol–water partition coefficient (Wildman–Crippen LogP) is 0.261. The Bertz CT molecular complexity index is 167. The Morgan fingerprint density at radius 1 is 1.55 bits per heavy atom. The molecular formula is C8H14N2O. The lowest BCUT2D eigenvalue weighted by Crippen LogP contribution is -2.45. The van der Waals surface area contributed by atoms with Crippen molar-refractivity contribution in [3.05, 3.63) is 0 Å². The van der Waals surface area contributed by atoms with Gasteiger partial charge in [0.15, 0.2) is 0 Å². The summed E-state index contributed by atoms with van der Waals surface area (Å²) in [4.78, 5) is 0. The van der Waals surface area contributed by atoms with Crippen molar-refractivity contribution in [3.8, 4) is 6.07 Å². The number of nitrogens with zero attached hydrogens (tertiary/aromatic N) is 1. The van der Waals surface area contributed by atoms with E-state index in [0.717, 1.165) is 13.1 Å². The number of hydrogen-bond donors (Lipinski definition) is 2. The van der Waals surface area contributed by atoms with Gasteiger partial charge in [-0.05, 0) is 32.9 Å². The van der Waals surface area contributed by atoms with Crippen molar-refractivity contribution in [3.63, 3.8) is 0 Å². The Labute approximate surface area is 67.0 Å². The van der Waals surface area contributed by atoms with E-state index < -0.39 is 5.60 Å². The van der Waals surface area contributed by atoms with E-state index in [-0.39, 0.29) is 5.92 Å². The van der Waals surface area contributed by atoms with Gasteiger partial charge in [0.1, 0.15) is 0 Å². The van der Waals surface area contributed by atoms with E-state index in [4.69, 9.17) is 5.26 Å². The van der Waals surface area contributed by atoms with Crippen LogP contribution in [0.2, 0.25) is 0 Å². The molecule has 0 aromatic carbocycles. The highest BCUT2D eigenvalue weighted by Gasteiger charge is 2.34. The van der Waals surface area contributed by atoms with E-state index in [2.05, 4.69) is 11.4 Å². The van der Waals surface area contributed by atoms with E-state index in [1.807, 2.05) is 0 Å². The van der Waals surface area contributed by atoms with Crippen LogP contribution in [0.1, 0.15) is 19.8 Å². The number of aliphatic hydroxyl groups is 1. The van der Waals surface area contributed by atoms with E-state index in [1.54, 1.807) is 6.92 Å². The molecule has 0 spiro atoms. The normalized spacial score (nSPS) is 25.5. The van der Waals surface area contributed by atoms with Gasteiger partial charge in [-0.15, -0.1) is 0 Å². The molecule has 1 atom stereocenters. The van der Waals surface area contributed by atoms with Crippen molar-refractivity contribution >= 4 is 0 Å². The van der Waals surface area contributed by atoms with Gasteiger partial charge in [0, 0.05) is 0 Å². The van der Waals surface area contributed by atoms with Crippen molar-refractivity contribution in [2.45, 2.75) is 25.4 Å². The van der Waals surface area contributed by atoms with Crippen LogP contribution in [-0.4, -0.2) is 23.8 Å². The van der Waals surface area contributed by atoms with E-state index in [0.29, 0.717) is 12.8 Å². The smallest absolute Gasteiger partial charge is 0.0826 e. The molecule has 0 aliphatic carbocycles. The summed E-state index contributed by atoms with van der Waals surface area (Å²) in [6.07, 6.45) is 1.39. The van der Waals surface area contributed by atoms with Gasteiger partial charge >= 0.3 is 0 Å². The third-order valence-electron chi connectivity index (χ3n) is 2.47. The predicted molar refractivity (Wildman–Crippen MR) is 41.8 cm³/mol. The molecule has 1 rings (SSSR count). The van der Waals surface area contributed by atoms with Crippen molar-refractivity contribution < 1.29 is 5.11 Å². The van der Waals surface area contributed by atoms with E-state index in [9.17, 15) is 5.11 Å². The Morgan fingerprint density at radius 2 is 2.09 bits per heavy atom. The molecule has 1 heterocycles. The molecule has 1 unspecified atom stereocenters. The Morgan fingerprint density at radius 3 is 2.55 bits per heavy atom. The summed E-state index contributed by atoms with van der Waals surface area (Å²) in [6, 6.07) is 2.10. The molecule has 62 valence electrons. The van der Waals surface area contributed by atoms with Gasteiger partial charge in [0.25, 0.3) is 0 Å². The fraction of sp³-hybridized carbons (Fsp3) is 0.875. The highest BCUT2D eigenvalue weighted by Crippen LogP contribution is 2.26. The lowest BCUT2D eigenvalue weighted by Gasteiger charge is -2.34. The molecule has 0 amide bonds. The molecule has 0 aromatic heterocycles. The molecule has 0 radical (unpaired) electrons. The maximum atomic E-state index is 9.88. The Balaban J connectivity index is 2.57. The summed E-state index contributed by atoms with van der Waals surface area (Å²) >= 11 is 0. The van der Waals surface area contributed by atoms with Gasteiger partial charge in [-0.1, -0.05) is 0 Å². The van der Waals surface area contributed by atoms with Gasteiger partial charge < -0.3 is 10.4 Å². The number of rotatable bonds is 1. The second-order valence-electron chi connectivity index (χ2n) is 3.20. The van der Waals surface area contributed by atoms with Crippen LogP contribution in [0.5, 0.6) is 0 Å². The van der Waals surface area contributed by atoms with Crippen LogP contribution in [0.4, 0.5) is 0 Å². The van der Waals surface area contributed by atoms with Crippen LogP contribution in [-0.2, 0) is 0 Å². The zero-order valence-corrected chi connectivity index (χ0v) is 6.80. The molecule has 0 bridgehead atoms. The molecule has 11 heavy (non-hydrogen) atoms. The van der Waals surface area contributed by atoms with Crippen LogP contribution in [0.15, 0.2) is 0 Å². The van der Waals surface area contributed by atoms with Crippen LogP contribution < -0.4 is 5.32 Å². The fourth-order valence-electron chi connectivity index (χ4n) is 1.41. The first-order valence-electron chi connectivity index (χ1n) is 4.02. The molecule has 1 aliphatic heterocycles. The van der Waals surface area contributed by atoms with Gasteiger partial charge in [-0.25, -0.2) is 0 Å². The maximum absolute atomic E-state index is 9.88. The monoisotopic (exact) mass is 154 g/mol. The molecule has 1 aliphatic rings. The highest BCUT2D eigenvalue weighted by molar-refractivity contribution is 4.98. The fourth-order valence-corrected chi connectivity index (χ4v) is 1.41. The van der Waals surface area contributed by atoms with Crippen molar-refractivity contribution in [1.82, 2.24) is 5.32 Å². The Kier molecular flexibility index (Phi) is 2.48. The number of nitrogens with one attached hydrogen (secondary N) is 1. The van der Waals surface area contributed by atoms with Crippen LogP contribution in [0, 0.1) is 17.2 Å². The van der Waals surface area contributed by atoms with Crippen LogP contribution in [0.25, 0.3) is 0 Å². The SMILES string of the molecule is CC(C#N)C1(O)CCNCC1. The summed E-state index contributed by atoms with van der Waals surface area (Å²) in [5.74, 6) is -0.246. The minimum absolute atomic E-state index is 0.246. The first kappa shape index (κ1) is 8.51. The molecule has 2 N–H and O–H groups in total. The molecule has 3 heteroatoms. The molecule has 3 nitrogen and oxygen atoms in total. The van der Waals surface area contributed by atoms with Crippen molar-refractivity contribution in [1.29, 1.82) is 5.26 Å². The minimum atomic E-state index is -0.736. The summed E-state index contributed by atoms with van der Waals surface area (Å²) in [5.41, 5.74) is -0.736.